The van der Waals surface area contributed by atoms with Crippen molar-refractivity contribution in [3.8, 4) is 17.2 Å². The Morgan fingerprint density at radius 3 is 2.50 bits per heavy atom. The Kier molecular flexibility index (Phi) is 2.83. The highest BCUT2D eigenvalue weighted by Crippen LogP contribution is 2.14. The molecule has 3 rings (SSSR count). The highest BCUT2D eigenvalue weighted by Gasteiger charge is 2.08. The maximum atomic E-state index is 11.8. The summed E-state index contributed by atoms with van der Waals surface area (Å²) in [6, 6.07) is 12.2. The number of aryl methyl sites for hydroxylation is 1. The van der Waals surface area contributed by atoms with Gasteiger partial charge in [-0.25, -0.2) is 4.98 Å². The van der Waals surface area contributed by atoms with E-state index < -0.39 is 0 Å². The predicted molar refractivity (Wildman–Crippen MR) is 75.0 cm³/mol. The Hall–Kier alpha value is -2.89. The van der Waals surface area contributed by atoms with Gasteiger partial charge < -0.3 is 0 Å². The van der Waals surface area contributed by atoms with Gasteiger partial charge in [0.05, 0.1) is 5.69 Å². The first-order valence-corrected chi connectivity index (χ1v) is 6.09. The minimum Gasteiger partial charge on any atom is -0.293 e. The molecule has 0 fully saturated rings. The van der Waals surface area contributed by atoms with Crippen LogP contribution < -0.4 is 11.1 Å². The van der Waals surface area contributed by atoms with Gasteiger partial charge in [-0.05, 0) is 6.92 Å². The number of nitrogens with one attached hydrogen (secondary N) is 2. The van der Waals surface area contributed by atoms with Crippen LogP contribution in [0.2, 0.25) is 0 Å². The van der Waals surface area contributed by atoms with Gasteiger partial charge >= 0.3 is 0 Å². The molecule has 6 heteroatoms. The van der Waals surface area contributed by atoms with Crippen molar-refractivity contribution in [2.75, 3.05) is 0 Å². The number of benzene rings is 1. The van der Waals surface area contributed by atoms with Gasteiger partial charge in [0.25, 0.3) is 11.1 Å². The lowest BCUT2D eigenvalue weighted by Gasteiger charge is -2.04. The third kappa shape index (κ3) is 2.18. The molecule has 0 radical (unpaired) electrons. The predicted octanol–water partition coefficient (Wildman–Crippen LogP) is 1.22. The second-order valence-corrected chi connectivity index (χ2v) is 4.43. The average Bonchev–Trinajstić information content (AvgIpc) is 2.78. The molecule has 0 saturated heterocycles. The Labute approximate surface area is 113 Å². The molecule has 0 bridgehead atoms. The number of rotatable bonds is 2. The van der Waals surface area contributed by atoms with E-state index in [1.54, 1.807) is 6.92 Å². The van der Waals surface area contributed by atoms with Crippen molar-refractivity contribution in [3.63, 3.8) is 0 Å². The molecule has 0 saturated carbocycles. The van der Waals surface area contributed by atoms with Gasteiger partial charge in [-0.15, -0.1) is 0 Å². The van der Waals surface area contributed by atoms with Crippen LogP contribution in [0.5, 0.6) is 0 Å². The van der Waals surface area contributed by atoms with Crippen molar-refractivity contribution in [3.05, 3.63) is 68.9 Å². The topological polar surface area (TPSA) is 83.5 Å². The Balaban J connectivity index is 2.20. The number of nitrogens with zero attached hydrogens (tertiary/aromatic N) is 2. The van der Waals surface area contributed by atoms with Crippen LogP contribution >= 0.6 is 0 Å². The number of H-pyrrole nitrogens is 2. The van der Waals surface area contributed by atoms with E-state index in [1.807, 2.05) is 30.3 Å². The molecular formula is C14H12N4O2. The highest BCUT2D eigenvalue weighted by molar-refractivity contribution is 5.58. The van der Waals surface area contributed by atoms with Crippen LogP contribution in [0.4, 0.5) is 0 Å². The molecular weight excluding hydrogens is 256 g/mol. The van der Waals surface area contributed by atoms with E-state index >= 15 is 0 Å². The molecule has 6 nitrogen and oxygen atoms in total. The Bertz CT molecular complexity index is 859. The SMILES string of the molecule is Cc1cc(=O)n(-c2nc(-c3ccccc3)cc(=O)[nH]2)[nH]1. The zero-order valence-electron chi connectivity index (χ0n) is 10.8. The van der Waals surface area contributed by atoms with Crippen molar-refractivity contribution in [1.29, 1.82) is 0 Å². The van der Waals surface area contributed by atoms with Crippen LogP contribution in [0.25, 0.3) is 17.2 Å². The lowest BCUT2D eigenvalue weighted by Crippen LogP contribution is -2.21. The minimum absolute atomic E-state index is 0.175. The number of aromatic amines is 2. The molecule has 20 heavy (non-hydrogen) atoms. The molecule has 0 atom stereocenters. The summed E-state index contributed by atoms with van der Waals surface area (Å²) in [4.78, 5) is 30.4. The summed E-state index contributed by atoms with van der Waals surface area (Å²) < 4.78 is 1.21. The first kappa shape index (κ1) is 12.2. The largest absolute Gasteiger partial charge is 0.293 e. The van der Waals surface area contributed by atoms with Gasteiger partial charge in [0.2, 0.25) is 5.95 Å². The van der Waals surface area contributed by atoms with Crippen LogP contribution in [-0.4, -0.2) is 19.7 Å². The summed E-state index contributed by atoms with van der Waals surface area (Å²) >= 11 is 0. The standard InChI is InChI=1S/C14H12N4O2/c1-9-7-13(20)18(17-9)14-15-11(8-12(19)16-14)10-5-3-2-4-6-10/h2-8,17H,1H3,(H,15,16,19). The normalized spacial score (nSPS) is 10.7. The van der Waals surface area contributed by atoms with Gasteiger partial charge in [0, 0.05) is 23.4 Å². The van der Waals surface area contributed by atoms with E-state index in [2.05, 4.69) is 15.1 Å². The molecule has 0 aliphatic heterocycles. The lowest BCUT2D eigenvalue weighted by atomic mass is 10.1. The summed E-state index contributed by atoms with van der Waals surface area (Å²) in [6.45, 7) is 1.76. The van der Waals surface area contributed by atoms with Crippen LogP contribution in [0.15, 0.2) is 52.1 Å². The van der Waals surface area contributed by atoms with E-state index in [0.717, 1.165) is 5.56 Å². The van der Waals surface area contributed by atoms with E-state index in [0.29, 0.717) is 11.4 Å². The average molecular weight is 268 g/mol. The third-order valence-corrected chi connectivity index (χ3v) is 2.86. The Morgan fingerprint density at radius 2 is 1.85 bits per heavy atom. The van der Waals surface area contributed by atoms with Gasteiger partial charge in [-0.2, -0.15) is 4.68 Å². The van der Waals surface area contributed by atoms with Crippen LogP contribution in [0.1, 0.15) is 5.69 Å². The first-order valence-electron chi connectivity index (χ1n) is 6.09. The number of aromatic nitrogens is 4. The van der Waals surface area contributed by atoms with E-state index in [1.165, 1.54) is 16.8 Å². The number of hydrogen-bond donors (Lipinski definition) is 2. The Morgan fingerprint density at radius 1 is 1.10 bits per heavy atom. The molecule has 2 heterocycles. The monoisotopic (exact) mass is 268 g/mol. The fraction of sp³-hybridized carbons (Fsp3) is 0.0714. The molecule has 2 N–H and O–H groups in total. The molecule has 0 spiro atoms. The van der Waals surface area contributed by atoms with E-state index in [-0.39, 0.29) is 17.1 Å². The zero-order chi connectivity index (χ0) is 14.1. The van der Waals surface area contributed by atoms with Crippen LogP contribution in [-0.2, 0) is 0 Å². The highest BCUT2D eigenvalue weighted by atomic mass is 16.1. The minimum atomic E-state index is -0.312. The van der Waals surface area contributed by atoms with Crippen molar-refractivity contribution in [2.45, 2.75) is 6.92 Å². The third-order valence-electron chi connectivity index (χ3n) is 2.86. The van der Waals surface area contributed by atoms with Gasteiger partial charge in [-0.3, -0.25) is 19.7 Å². The van der Waals surface area contributed by atoms with Crippen molar-refractivity contribution in [2.24, 2.45) is 0 Å². The van der Waals surface area contributed by atoms with E-state index in [4.69, 9.17) is 0 Å². The molecule has 2 aromatic heterocycles. The second-order valence-electron chi connectivity index (χ2n) is 4.43. The van der Waals surface area contributed by atoms with Crippen LogP contribution in [0, 0.1) is 6.92 Å². The van der Waals surface area contributed by atoms with Crippen molar-refractivity contribution in [1.82, 2.24) is 19.7 Å². The van der Waals surface area contributed by atoms with Crippen LogP contribution in [0.3, 0.4) is 0 Å². The summed E-state index contributed by atoms with van der Waals surface area (Å²) in [5.41, 5.74) is 1.45. The summed E-state index contributed by atoms with van der Waals surface area (Å²) in [6.07, 6.45) is 0. The number of hydrogen-bond acceptors (Lipinski definition) is 3. The smallest absolute Gasteiger partial charge is 0.274 e. The quantitative estimate of drug-likeness (QED) is 0.733. The van der Waals surface area contributed by atoms with Gasteiger partial charge in [0.1, 0.15) is 0 Å². The van der Waals surface area contributed by atoms with E-state index in [9.17, 15) is 9.59 Å². The molecule has 0 amide bonds. The molecule has 1 aromatic carbocycles. The molecule has 0 unspecified atom stereocenters. The summed E-state index contributed by atoms with van der Waals surface area (Å²) in [7, 11) is 0. The molecule has 100 valence electrons. The zero-order valence-corrected chi connectivity index (χ0v) is 10.8. The first-order chi connectivity index (χ1) is 9.63. The second kappa shape index (κ2) is 4.65. The lowest BCUT2D eigenvalue weighted by molar-refractivity contribution is 0.770. The maximum absolute atomic E-state index is 11.8. The van der Waals surface area contributed by atoms with Gasteiger partial charge in [-0.1, -0.05) is 30.3 Å². The molecule has 3 aromatic rings. The molecule has 0 aliphatic carbocycles. The van der Waals surface area contributed by atoms with Crippen molar-refractivity contribution >= 4 is 0 Å². The van der Waals surface area contributed by atoms with Gasteiger partial charge in [0.15, 0.2) is 0 Å². The fourth-order valence-corrected chi connectivity index (χ4v) is 1.98. The molecule has 0 aliphatic rings. The summed E-state index contributed by atoms with van der Waals surface area (Å²) in [5.74, 6) is 0.175. The maximum Gasteiger partial charge on any atom is 0.274 e. The van der Waals surface area contributed by atoms with Crippen molar-refractivity contribution < 1.29 is 0 Å². The fourth-order valence-electron chi connectivity index (χ4n) is 1.98. The summed E-state index contributed by atoms with van der Waals surface area (Å²) in [5, 5.41) is 2.84.